The fraction of sp³-hybridized carbons (Fsp3) is 0.455. The minimum Gasteiger partial charge on any atom is -0.314 e. The van der Waals surface area contributed by atoms with Crippen molar-refractivity contribution in [1.29, 1.82) is 0 Å². The second-order valence-electron chi connectivity index (χ2n) is 4.24. The van der Waals surface area contributed by atoms with E-state index in [4.69, 9.17) is 11.6 Å². The molecule has 1 fully saturated rings. The van der Waals surface area contributed by atoms with Gasteiger partial charge in [-0.25, -0.2) is 8.42 Å². The van der Waals surface area contributed by atoms with Crippen molar-refractivity contribution in [1.82, 2.24) is 9.62 Å². The van der Waals surface area contributed by atoms with E-state index in [2.05, 4.69) is 21.2 Å². The maximum absolute atomic E-state index is 12.5. The lowest BCUT2D eigenvalue weighted by Crippen LogP contribution is -2.52. The standard InChI is InChI=1S/C11H14BrClN2O2S.ClH/c1-8-7-14-4-5-15(8)18(16,17)11-3-2-9(12)6-10(11)13;/h2-3,6,8,14H,4-5,7H2,1H3;1H/t8-;/m1./s1. The molecule has 19 heavy (non-hydrogen) atoms. The Kier molecular flexibility index (Phi) is 6.10. The number of hydrogen-bond acceptors (Lipinski definition) is 3. The van der Waals surface area contributed by atoms with Crippen LogP contribution in [0.25, 0.3) is 0 Å². The third kappa shape index (κ3) is 3.62. The van der Waals surface area contributed by atoms with Gasteiger partial charge in [-0.1, -0.05) is 27.5 Å². The molecule has 0 spiro atoms. The molecule has 0 saturated carbocycles. The Bertz CT molecular complexity index is 554. The van der Waals surface area contributed by atoms with Crippen LogP contribution in [0.15, 0.2) is 27.6 Å². The number of rotatable bonds is 2. The molecule has 1 aromatic carbocycles. The van der Waals surface area contributed by atoms with Crippen LogP contribution in [0.2, 0.25) is 5.02 Å². The first-order chi connectivity index (χ1) is 8.43. The summed E-state index contributed by atoms with van der Waals surface area (Å²) in [6.45, 7) is 3.68. The maximum atomic E-state index is 12.5. The van der Waals surface area contributed by atoms with Crippen LogP contribution in [0.1, 0.15) is 6.92 Å². The quantitative estimate of drug-likeness (QED) is 0.845. The lowest BCUT2D eigenvalue weighted by molar-refractivity contribution is 0.284. The van der Waals surface area contributed by atoms with Gasteiger partial charge in [-0.15, -0.1) is 12.4 Å². The van der Waals surface area contributed by atoms with E-state index in [1.807, 2.05) is 6.92 Å². The molecule has 1 N–H and O–H groups in total. The lowest BCUT2D eigenvalue weighted by atomic mass is 10.3. The number of nitrogens with one attached hydrogen (secondary N) is 1. The Hall–Kier alpha value is 0.150. The van der Waals surface area contributed by atoms with Gasteiger partial charge in [-0.05, 0) is 25.1 Å². The molecule has 1 aromatic rings. The van der Waals surface area contributed by atoms with Crippen LogP contribution in [-0.2, 0) is 10.0 Å². The topological polar surface area (TPSA) is 49.4 Å². The maximum Gasteiger partial charge on any atom is 0.244 e. The van der Waals surface area contributed by atoms with Crippen molar-refractivity contribution in [2.75, 3.05) is 19.6 Å². The number of nitrogens with zero attached hydrogens (tertiary/aromatic N) is 1. The minimum absolute atomic E-state index is 0. The van der Waals surface area contributed by atoms with Crippen molar-refractivity contribution < 1.29 is 8.42 Å². The molecule has 108 valence electrons. The van der Waals surface area contributed by atoms with Crippen LogP contribution in [0.5, 0.6) is 0 Å². The molecule has 1 saturated heterocycles. The van der Waals surface area contributed by atoms with Crippen molar-refractivity contribution in [3.8, 4) is 0 Å². The van der Waals surface area contributed by atoms with Gasteiger partial charge in [0.15, 0.2) is 0 Å². The van der Waals surface area contributed by atoms with E-state index in [0.717, 1.165) is 4.47 Å². The smallest absolute Gasteiger partial charge is 0.244 e. The predicted molar refractivity (Wildman–Crippen MR) is 82.6 cm³/mol. The first kappa shape index (κ1) is 17.2. The Balaban J connectivity index is 0.00000180. The highest BCUT2D eigenvalue weighted by molar-refractivity contribution is 9.10. The van der Waals surface area contributed by atoms with Crippen molar-refractivity contribution in [2.24, 2.45) is 0 Å². The summed E-state index contributed by atoms with van der Waals surface area (Å²) in [4.78, 5) is 0.168. The van der Waals surface area contributed by atoms with Gasteiger partial charge in [-0.3, -0.25) is 0 Å². The Morgan fingerprint density at radius 1 is 1.47 bits per heavy atom. The molecule has 0 unspecified atom stereocenters. The average Bonchev–Trinajstić information content (AvgIpc) is 2.28. The van der Waals surface area contributed by atoms with E-state index in [-0.39, 0.29) is 28.4 Å². The van der Waals surface area contributed by atoms with Gasteiger partial charge >= 0.3 is 0 Å². The lowest BCUT2D eigenvalue weighted by Gasteiger charge is -2.33. The van der Waals surface area contributed by atoms with Gasteiger partial charge < -0.3 is 5.32 Å². The van der Waals surface area contributed by atoms with E-state index >= 15 is 0 Å². The summed E-state index contributed by atoms with van der Waals surface area (Å²) in [6.07, 6.45) is 0. The summed E-state index contributed by atoms with van der Waals surface area (Å²) in [5.41, 5.74) is 0. The van der Waals surface area contributed by atoms with Crippen LogP contribution in [0.4, 0.5) is 0 Å². The summed E-state index contributed by atoms with van der Waals surface area (Å²) in [5, 5.41) is 3.41. The zero-order valence-corrected chi connectivity index (χ0v) is 14.2. The highest BCUT2D eigenvalue weighted by Crippen LogP contribution is 2.28. The number of piperazine rings is 1. The van der Waals surface area contributed by atoms with E-state index in [9.17, 15) is 8.42 Å². The SMILES string of the molecule is C[C@@H]1CNCCN1S(=O)(=O)c1ccc(Br)cc1Cl.Cl. The first-order valence-corrected chi connectivity index (χ1v) is 8.21. The van der Waals surface area contributed by atoms with Crippen molar-refractivity contribution in [2.45, 2.75) is 17.9 Å². The summed E-state index contributed by atoms with van der Waals surface area (Å²) in [5.74, 6) is 0. The van der Waals surface area contributed by atoms with Gasteiger partial charge in [-0.2, -0.15) is 4.31 Å². The highest BCUT2D eigenvalue weighted by atomic mass is 79.9. The van der Waals surface area contributed by atoms with Gasteiger partial charge in [0.2, 0.25) is 10.0 Å². The fourth-order valence-corrected chi connectivity index (χ4v) is 4.63. The Morgan fingerprint density at radius 2 is 2.16 bits per heavy atom. The van der Waals surface area contributed by atoms with E-state index in [1.165, 1.54) is 10.4 Å². The van der Waals surface area contributed by atoms with E-state index < -0.39 is 10.0 Å². The molecule has 1 aliphatic heterocycles. The molecule has 4 nitrogen and oxygen atoms in total. The molecular weight excluding hydrogens is 375 g/mol. The molecule has 2 rings (SSSR count). The van der Waals surface area contributed by atoms with Crippen LogP contribution >= 0.6 is 39.9 Å². The Labute approximate surface area is 133 Å². The normalized spacial score (nSPS) is 20.9. The second-order valence-corrected chi connectivity index (χ2v) is 7.43. The van der Waals surface area contributed by atoms with Crippen LogP contribution in [0.3, 0.4) is 0 Å². The largest absolute Gasteiger partial charge is 0.314 e. The molecule has 0 aliphatic carbocycles. The highest BCUT2D eigenvalue weighted by Gasteiger charge is 2.32. The van der Waals surface area contributed by atoms with Gasteiger partial charge in [0.05, 0.1) is 5.02 Å². The predicted octanol–water partition coefficient (Wildman–Crippen LogP) is 2.51. The summed E-state index contributed by atoms with van der Waals surface area (Å²) < 4.78 is 27.3. The second kappa shape index (κ2) is 6.74. The van der Waals surface area contributed by atoms with Crippen LogP contribution in [-0.4, -0.2) is 38.4 Å². The number of halogens is 3. The van der Waals surface area contributed by atoms with Crippen molar-refractivity contribution in [3.05, 3.63) is 27.7 Å². The number of benzene rings is 1. The van der Waals surface area contributed by atoms with Gasteiger partial charge in [0, 0.05) is 30.1 Å². The van der Waals surface area contributed by atoms with Crippen LogP contribution in [0, 0.1) is 0 Å². The van der Waals surface area contributed by atoms with E-state index in [0.29, 0.717) is 19.6 Å². The fourth-order valence-electron chi connectivity index (χ4n) is 1.99. The molecule has 8 heteroatoms. The average molecular weight is 390 g/mol. The molecule has 0 radical (unpaired) electrons. The summed E-state index contributed by atoms with van der Waals surface area (Å²) in [7, 11) is -3.52. The summed E-state index contributed by atoms with van der Waals surface area (Å²) >= 11 is 9.30. The minimum atomic E-state index is -3.52. The molecule has 0 amide bonds. The molecule has 1 aliphatic rings. The molecular formula is C11H15BrCl2N2O2S. The van der Waals surface area contributed by atoms with Gasteiger partial charge in [0.1, 0.15) is 4.90 Å². The third-order valence-corrected chi connectivity index (χ3v) is 5.91. The van der Waals surface area contributed by atoms with Crippen molar-refractivity contribution >= 4 is 50.0 Å². The van der Waals surface area contributed by atoms with Crippen molar-refractivity contribution in [3.63, 3.8) is 0 Å². The molecule has 1 atom stereocenters. The molecule has 0 bridgehead atoms. The first-order valence-electron chi connectivity index (χ1n) is 5.60. The number of sulfonamides is 1. The van der Waals surface area contributed by atoms with E-state index in [1.54, 1.807) is 12.1 Å². The summed E-state index contributed by atoms with van der Waals surface area (Å²) in [6, 6.07) is 4.76. The molecule has 0 aromatic heterocycles. The Morgan fingerprint density at radius 3 is 2.74 bits per heavy atom. The monoisotopic (exact) mass is 388 g/mol. The third-order valence-electron chi connectivity index (χ3n) is 2.92. The zero-order chi connectivity index (χ0) is 13.3. The van der Waals surface area contributed by atoms with Gasteiger partial charge in [0.25, 0.3) is 0 Å². The zero-order valence-electron chi connectivity index (χ0n) is 10.3. The molecule has 1 heterocycles. The number of hydrogen-bond donors (Lipinski definition) is 1. The van der Waals surface area contributed by atoms with Crippen LogP contribution < -0.4 is 5.32 Å².